The van der Waals surface area contributed by atoms with Crippen LogP contribution in [0.5, 0.6) is 0 Å². The largest absolute Gasteiger partial charge is 0.386 e. The maximum absolute atomic E-state index is 9.92. The van der Waals surface area contributed by atoms with Crippen molar-refractivity contribution in [3.63, 3.8) is 0 Å². The first-order valence-electron chi connectivity index (χ1n) is 4.94. The van der Waals surface area contributed by atoms with Crippen molar-refractivity contribution in [2.75, 3.05) is 0 Å². The summed E-state index contributed by atoms with van der Waals surface area (Å²) >= 11 is 5.86. The van der Waals surface area contributed by atoms with Gasteiger partial charge in [-0.2, -0.15) is 0 Å². The van der Waals surface area contributed by atoms with Crippen molar-refractivity contribution in [2.45, 2.75) is 12.5 Å². The summed E-state index contributed by atoms with van der Waals surface area (Å²) in [7, 11) is 0. The quantitative estimate of drug-likeness (QED) is 0.887. The minimum atomic E-state index is -0.646. The first-order valence-corrected chi connectivity index (χ1v) is 5.32. The molecule has 3 nitrogen and oxygen atoms in total. The number of benzene rings is 1. The highest BCUT2D eigenvalue weighted by Gasteiger charge is 2.09. The van der Waals surface area contributed by atoms with Gasteiger partial charge < -0.3 is 5.11 Å². The van der Waals surface area contributed by atoms with Crippen LogP contribution >= 0.6 is 11.6 Å². The number of nitrogens with zero attached hydrogens (tertiary/aromatic N) is 2. The average Bonchev–Trinajstić information content (AvgIpc) is 2.30. The second kappa shape index (κ2) is 5.05. The normalized spacial score (nSPS) is 12.4. The fourth-order valence-electron chi connectivity index (χ4n) is 1.47. The molecule has 4 heteroatoms. The van der Waals surface area contributed by atoms with E-state index in [1.165, 1.54) is 0 Å². The van der Waals surface area contributed by atoms with E-state index >= 15 is 0 Å². The Morgan fingerprint density at radius 3 is 2.88 bits per heavy atom. The zero-order valence-corrected chi connectivity index (χ0v) is 9.30. The van der Waals surface area contributed by atoms with E-state index in [-0.39, 0.29) is 0 Å². The molecule has 2 aromatic rings. The molecule has 1 unspecified atom stereocenters. The van der Waals surface area contributed by atoms with Crippen LogP contribution < -0.4 is 0 Å². The molecule has 1 atom stereocenters. The number of hydrogen-bond donors (Lipinski definition) is 1. The molecule has 0 bridgehead atoms. The molecule has 1 aromatic heterocycles. The van der Waals surface area contributed by atoms with Crippen LogP contribution in [0.25, 0.3) is 0 Å². The molecule has 0 fully saturated rings. The van der Waals surface area contributed by atoms with Crippen LogP contribution in [0.15, 0.2) is 42.9 Å². The van der Waals surface area contributed by atoms with Gasteiger partial charge in [0.05, 0.1) is 11.9 Å². The molecule has 0 saturated heterocycles. The van der Waals surface area contributed by atoms with Crippen molar-refractivity contribution < 1.29 is 5.11 Å². The minimum Gasteiger partial charge on any atom is -0.386 e. The van der Waals surface area contributed by atoms with Gasteiger partial charge in [0.2, 0.25) is 0 Å². The van der Waals surface area contributed by atoms with Crippen LogP contribution in [0.1, 0.15) is 17.4 Å². The number of hydrogen-bond acceptors (Lipinski definition) is 3. The summed E-state index contributed by atoms with van der Waals surface area (Å²) < 4.78 is 0. The van der Waals surface area contributed by atoms with Gasteiger partial charge in [0.25, 0.3) is 0 Å². The smallest absolute Gasteiger partial charge is 0.102 e. The molecule has 1 aromatic carbocycles. The number of aliphatic hydroxyl groups is 1. The van der Waals surface area contributed by atoms with Gasteiger partial charge >= 0.3 is 0 Å². The lowest BCUT2D eigenvalue weighted by Crippen LogP contribution is -2.04. The van der Waals surface area contributed by atoms with Gasteiger partial charge in [0.15, 0.2) is 0 Å². The third kappa shape index (κ3) is 2.78. The van der Waals surface area contributed by atoms with Gasteiger partial charge in [-0.1, -0.05) is 23.7 Å². The van der Waals surface area contributed by atoms with Crippen LogP contribution in [0.2, 0.25) is 5.02 Å². The molecule has 1 heterocycles. The topological polar surface area (TPSA) is 46.0 Å². The van der Waals surface area contributed by atoms with Gasteiger partial charge in [-0.05, 0) is 17.7 Å². The predicted octanol–water partition coefficient (Wildman–Crippen LogP) is 2.41. The van der Waals surface area contributed by atoms with Crippen molar-refractivity contribution in [1.82, 2.24) is 9.97 Å². The Hall–Kier alpha value is -1.45. The van der Waals surface area contributed by atoms with Gasteiger partial charge in [0, 0.05) is 23.8 Å². The van der Waals surface area contributed by atoms with Crippen molar-refractivity contribution in [2.24, 2.45) is 0 Å². The lowest BCUT2D eigenvalue weighted by Gasteiger charge is -2.09. The molecular weight excluding hydrogens is 224 g/mol. The summed E-state index contributed by atoms with van der Waals surface area (Å²) in [5.74, 6) is 0. The van der Waals surface area contributed by atoms with Crippen LogP contribution in [0.4, 0.5) is 0 Å². The molecule has 0 radical (unpaired) electrons. The molecule has 0 aliphatic carbocycles. The molecular formula is C12H11ClN2O. The first-order chi connectivity index (χ1) is 7.75. The number of halogens is 1. The molecule has 0 saturated carbocycles. The van der Waals surface area contributed by atoms with Gasteiger partial charge in [-0.25, -0.2) is 0 Å². The predicted molar refractivity (Wildman–Crippen MR) is 62.1 cm³/mol. The molecule has 0 aliphatic heterocycles. The van der Waals surface area contributed by atoms with Crippen LogP contribution in [0.3, 0.4) is 0 Å². The summed E-state index contributed by atoms with van der Waals surface area (Å²) in [6.07, 6.45) is 4.55. The molecule has 2 rings (SSSR count). The van der Waals surface area contributed by atoms with E-state index in [0.29, 0.717) is 17.1 Å². The molecule has 0 spiro atoms. The molecule has 16 heavy (non-hydrogen) atoms. The van der Waals surface area contributed by atoms with Crippen molar-refractivity contribution >= 4 is 11.6 Å². The van der Waals surface area contributed by atoms with E-state index in [1.54, 1.807) is 24.7 Å². The SMILES string of the molecule is OC(Cc1cccc(Cl)c1)c1cnccn1. The summed E-state index contributed by atoms with van der Waals surface area (Å²) in [5, 5.41) is 10.6. The highest BCUT2D eigenvalue weighted by atomic mass is 35.5. The number of rotatable bonds is 3. The molecule has 1 N–H and O–H groups in total. The van der Waals surface area contributed by atoms with Crippen molar-refractivity contribution in [3.8, 4) is 0 Å². The summed E-state index contributed by atoms with van der Waals surface area (Å²) in [4.78, 5) is 7.97. The Labute approximate surface area is 98.8 Å². The number of aromatic nitrogens is 2. The first kappa shape index (κ1) is 11.0. The van der Waals surface area contributed by atoms with E-state index in [2.05, 4.69) is 9.97 Å². The van der Waals surface area contributed by atoms with Crippen LogP contribution in [-0.2, 0) is 6.42 Å². The van der Waals surface area contributed by atoms with Crippen molar-refractivity contribution in [1.29, 1.82) is 0 Å². The van der Waals surface area contributed by atoms with Crippen molar-refractivity contribution in [3.05, 3.63) is 59.1 Å². The van der Waals surface area contributed by atoms with Crippen LogP contribution in [-0.4, -0.2) is 15.1 Å². The standard InChI is InChI=1S/C12H11ClN2O/c13-10-3-1-2-9(6-10)7-12(16)11-8-14-4-5-15-11/h1-6,8,12,16H,7H2. The lowest BCUT2D eigenvalue weighted by molar-refractivity contribution is 0.173. The van der Waals surface area contributed by atoms with E-state index in [9.17, 15) is 5.11 Å². The van der Waals surface area contributed by atoms with E-state index < -0.39 is 6.10 Å². The van der Waals surface area contributed by atoms with Crippen LogP contribution in [0, 0.1) is 0 Å². The monoisotopic (exact) mass is 234 g/mol. The van der Waals surface area contributed by atoms with Gasteiger partial charge in [-0.3, -0.25) is 9.97 Å². The zero-order valence-electron chi connectivity index (χ0n) is 8.55. The Morgan fingerprint density at radius 2 is 2.19 bits per heavy atom. The minimum absolute atomic E-state index is 0.485. The third-order valence-corrected chi connectivity index (χ3v) is 2.48. The van der Waals surface area contributed by atoms with Gasteiger partial charge in [-0.15, -0.1) is 0 Å². The third-order valence-electron chi connectivity index (χ3n) is 2.24. The summed E-state index contributed by atoms with van der Waals surface area (Å²) in [6, 6.07) is 7.42. The molecule has 0 aliphatic rings. The lowest BCUT2D eigenvalue weighted by atomic mass is 10.1. The Bertz CT molecular complexity index is 462. The second-order valence-corrected chi connectivity index (χ2v) is 3.92. The fraction of sp³-hybridized carbons (Fsp3) is 0.167. The maximum Gasteiger partial charge on any atom is 0.102 e. The highest BCUT2D eigenvalue weighted by molar-refractivity contribution is 6.30. The Morgan fingerprint density at radius 1 is 1.31 bits per heavy atom. The van der Waals surface area contributed by atoms with E-state index in [4.69, 9.17) is 11.6 Å². The zero-order chi connectivity index (χ0) is 11.4. The number of aliphatic hydroxyl groups excluding tert-OH is 1. The maximum atomic E-state index is 9.92. The fourth-order valence-corrected chi connectivity index (χ4v) is 1.69. The van der Waals surface area contributed by atoms with Gasteiger partial charge in [0.1, 0.15) is 6.10 Å². The second-order valence-electron chi connectivity index (χ2n) is 3.48. The summed E-state index contributed by atoms with van der Waals surface area (Å²) in [6.45, 7) is 0. The van der Waals surface area contributed by atoms with E-state index in [1.807, 2.05) is 18.2 Å². The van der Waals surface area contributed by atoms with E-state index in [0.717, 1.165) is 5.56 Å². The summed E-state index contributed by atoms with van der Waals surface area (Å²) in [5.41, 5.74) is 1.55. The highest BCUT2D eigenvalue weighted by Crippen LogP contribution is 2.18. The molecule has 82 valence electrons. The Balaban J connectivity index is 2.11. The molecule has 0 amide bonds. The average molecular weight is 235 g/mol. The Kier molecular flexibility index (Phi) is 3.49.